The zero-order valence-corrected chi connectivity index (χ0v) is 13.1. The first-order chi connectivity index (χ1) is 9.76. The molecule has 0 spiro atoms. The molecule has 0 atom stereocenters. The number of hydrogen-bond acceptors (Lipinski definition) is 4. The van der Waals surface area contributed by atoms with Gasteiger partial charge in [0.1, 0.15) is 5.76 Å². The fourth-order valence-electron chi connectivity index (χ4n) is 1.88. The van der Waals surface area contributed by atoms with Gasteiger partial charge in [0.15, 0.2) is 9.84 Å². The van der Waals surface area contributed by atoms with Crippen LogP contribution in [0.1, 0.15) is 21.7 Å². The van der Waals surface area contributed by atoms with Crippen molar-refractivity contribution in [3.8, 4) is 0 Å². The molecule has 1 amide bonds. The van der Waals surface area contributed by atoms with Crippen LogP contribution >= 0.6 is 11.6 Å². The molecule has 21 heavy (non-hydrogen) atoms. The van der Waals surface area contributed by atoms with E-state index in [2.05, 4.69) is 5.32 Å². The molecule has 0 fully saturated rings. The number of amides is 1. The summed E-state index contributed by atoms with van der Waals surface area (Å²) in [6, 6.07) is 6.24. The van der Waals surface area contributed by atoms with Crippen LogP contribution in [0.4, 0.5) is 5.69 Å². The Morgan fingerprint density at radius 1 is 1.33 bits per heavy atom. The Hall–Kier alpha value is -1.79. The van der Waals surface area contributed by atoms with Gasteiger partial charge in [-0.2, -0.15) is 0 Å². The van der Waals surface area contributed by atoms with Gasteiger partial charge in [0, 0.05) is 17.0 Å². The summed E-state index contributed by atoms with van der Waals surface area (Å²) in [6.45, 7) is 1.67. The van der Waals surface area contributed by atoms with Gasteiger partial charge in [-0.15, -0.1) is 0 Å². The van der Waals surface area contributed by atoms with Crippen LogP contribution in [0, 0.1) is 6.92 Å². The van der Waals surface area contributed by atoms with Crippen LogP contribution < -0.4 is 5.32 Å². The number of halogens is 1. The van der Waals surface area contributed by atoms with Crippen LogP contribution in [-0.2, 0) is 15.6 Å². The van der Waals surface area contributed by atoms with Crippen molar-refractivity contribution < 1.29 is 17.6 Å². The summed E-state index contributed by atoms with van der Waals surface area (Å²) in [7, 11) is -3.22. The molecule has 0 aliphatic carbocycles. The highest BCUT2D eigenvalue weighted by Crippen LogP contribution is 2.24. The number of anilines is 1. The van der Waals surface area contributed by atoms with Crippen molar-refractivity contribution in [2.45, 2.75) is 12.7 Å². The second kappa shape index (κ2) is 5.91. The Labute approximate surface area is 127 Å². The molecule has 1 N–H and O–H groups in total. The van der Waals surface area contributed by atoms with Crippen LogP contribution in [0.25, 0.3) is 0 Å². The number of nitrogens with one attached hydrogen (secondary N) is 1. The Morgan fingerprint density at radius 3 is 2.62 bits per heavy atom. The predicted molar refractivity (Wildman–Crippen MR) is 81.4 cm³/mol. The number of aryl methyl sites for hydroxylation is 1. The maximum Gasteiger partial charge on any atom is 0.259 e. The quantitative estimate of drug-likeness (QED) is 0.936. The van der Waals surface area contributed by atoms with E-state index < -0.39 is 9.84 Å². The molecule has 0 aliphatic heterocycles. The summed E-state index contributed by atoms with van der Waals surface area (Å²) in [5.74, 6) is -0.0677. The van der Waals surface area contributed by atoms with Gasteiger partial charge in [0.05, 0.1) is 17.6 Å². The standard InChI is InChI=1S/C14H14ClNO4S/c1-9-12(5-6-20-9)14(17)16-13-7-11(15)4-3-10(13)8-21(2,18)19/h3-7H,8H2,1-2H3,(H,16,17). The zero-order valence-electron chi connectivity index (χ0n) is 11.5. The molecule has 2 aromatic rings. The minimum absolute atomic E-state index is 0.176. The first-order valence-electron chi connectivity index (χ1n) is 6.08. The number of furan rings is 1. The molecule has 0 saturated heterocycles. The van der Waals surface area contributed by atoms with E-state index in [1.807, 2.05) is 0 Å². The Kier molecular flexibility index (Phi) is 4.39. The highest BCUT2D eigenvalue weighted by Gasteiger charge is 2.15. The van der Waals surface area contributed by atoms with E-state index in [-0.39, 0.29) is 11.7 Å². The van der Waals surface area contributed by atoms with E-state index in [4.69, 9.17) is 16.0 Å². The summed E-state index contributed by atoms with van der Waals surface area (Å²) in [5, 5.41) is 3.08. The third kappa shape index (κ3) is 4.09. The van der Waals surface area contributed by atoms with Crippen molar-refractivity contribution in [2.75, 3.05) is 11.6 Å². The van der Waals surface area contributed by atoms with Gasteiger partial charge in [-0.05, 0) is 30.7 Å². The fourth-order valence-corrected chi connectivity index (χ4v) is 2.87. The van der Waals surface area contributed by atoms with Crippen LogP contribution in [-0.4, -0.2) is 20.6 Å². The minimum Gasteiger partial charge on any atom is -0.469 e. The molecule has 0 unspecified atom stereocenters. The molecule has 7 heteroatoms. The van der Waals surface area contributed by atoms with Crippen molar-refractivity contribution in [1.29, 1.82) is 0 Å². The molecule has 0 bridgehead atoms. The van der Waals surface area contributed by atoms with E-state index >= 15 is 0 Å². The number of hydrogen-bond donors (Lipinski definition) is 1. The van der Waals surface area contributed by atoms with E-state index in [1.165, 1.54) is 12.3 Å². The van der Waals surface area contributed by atoms with Crippen molar-refractivity contribution in [2.24, 2.45) is 0 Å². The number of carbonyl (C=O) groups is 1. The number of carbonyl (C=O) groups excluding carboxylic acids is 1. The number of rotatable bonds is 4. The molecular weight excluding hydrogens is 314 g/mol. The van der Waals surface area contributed by atoms with Crippen molar-refractivity contribution in [1.82, 2.24) is 0 Å². The van der Waals surface area contributed by atoms with Gasteiger partial charge in [-0.3, -0.25) is 4.79 Å². The average molecular weight is 328 g/mol. The lowest BCUT2D eigenvalue weighted by Crippen LogP contribution is -2.14. The topological polar surface area (TPSA) is 76.4 Å². The highest BCUT2D eigenvalue weighted by molar-refractivity contribution is 7.89. The summed E-state index contributed by atoms with van der Waals surface area (Å²) in [4.78, 5) is 12.2. The summed E-state index contributed by atoms with van der Waals surface area (Å²) in [6.07, 6.45) is 2.55. The lowest BCUT2D eigenvalue weighted by atomic mass is 10.2. The van der Waals surface area contributed by atoms with Crippen LogP contribution in [0.15, 0.2) is 34.9 Å². The molecule has 0 radical (unpaired) electrons. The number of benzene rings is 1. The smallest absolute Gasteiger partial charge is 0.259 e. The van der Waals surface area contributed by atoms with Crippen molar-refractivity contribution >= 4 is 33.0 Å². The molecule has 5 nitrogen and oxygen atoms in total. The van der Waals surface area contributed by atoms with Gasteiger partial charge in [-0.25, -0.2) is 8.42 Å². The lowest BCUT2D eigenvalue weighted by molar-refractivity contribution is 0.102. The molecule has 1 heterocycles. The van der Waals surface area contributed by atoms with Gasteiger partial charge < -0.3 is 9.73 Å². The number of sulfone groups is 1. The van der Waals surface area contributed by atoms with Gasteiger partial charge in [0.25, 0.3) is 5.91 Å². The molecule has 0 aliphatic rings. The van der Waals surface area contributed by atoms with Crippen molar-refractivity contribution in [3.05, 3.63) is 52.4 Å². The van der Waals surface area contributed by atoms with E-state index in [0.29, 0.717) is 27.6 Å². The summed E-state index contributed by atoms with van der Waals surface area (Å²) in [5.41, 5.74) is 1.25. The van der Waals surface area contributed by atoms with Gasteiger partial charge in [0.2, 0.25) is 0 Å². The Bertz CT molecular complexity index is 780. The van der Waals surface area contributed by atoms with Crippen LogP contribution in [0.5, 0.6) is 0 Å². The largest absolute Gasteiger partial charge is 0.469 e. The second-order valence-corrected chi connectivity index (χ2v) is 7.29. The van der Waals surface area contributed by atoms with Gasteiger partial charge >= 0.3 is 0 Å². The first-order valence-corrected chi connectivity index (χ1v) is 8.52. The maximum absolute atomic E-state index is 12.2. The second-order valence-electron chi connectivity index (χ2n) is 4.72. The Balaban J connectivity index is 2.33. The van der Waals surface area contributed by atoms with Gasteiger partial charge in [-0.1, -0.05) is 17.7 Å². The lowest BCUT2D eigenvalue weighted by Gasteiger charge is -2.11. The molecule has 1 aromatic heterocycles. The van der Waals surface area contributed by atoms with E-state index in [9.17, 15) is 13.2 Å². The predicted octanol–water partition coefficient (Wildman–Crippen LogP) is 3.04. The molecule has 112 valence electrons. The average Bonchev–Trinajstić information content (AvgIpc) is 2.77. The third-order valence-electron chi connectivity index (χ3n) is 2.84. The normalized spacial score (nSPS) is 11.4. The molecule has 2 rings (SSSR count). The van der Waals surface area contributed by atoms with E-state index in [0.717, 1.165) is 6.26 Å². The molecule has 1 aromatic carbocycles. The minimum atomic E-state index is -3.22. The maximum atomic E-state index is 12.2. The SMILES string of the molecule is Cc1occc1C(=O)Nc1cc(Cl)ccc1CS(C)(=O)=O. The third-order valence-corrected chi connectivity index (χ3v) is 3.91. The first kappa shape index (κ1) is 15.6. The summed E-state index contributed by atoms with van der Waals surface area (Å²) < 4.78 is 28.0. The molecule has 0 saturated carbocycles. The van der Waals surface area contributed by atoms with Crippen LogP contribution in [0.3, 0.4) is 0 Å². The fraction of sp³-hybridized carbons (Fsp3) is 0.214. The highest BCUT2D eigenvalue weighted by atomic mass is 35.5. The summed E-state index contributed by atoms with van der Waals surface area (Å²) >= 11 is 5.91. The van der Waals surface area contributed by atoms with E-state index in [1.54, 1.807) is 25.1 Å². The Morgan fingerprint density at radius 2 is 2.05 bits per heavy atom. The monoisotopic (exact) mass is 327 g/mol. The zero-order chi connectivity index (χ0) is 15.6. The molecular formula is C14H14ClNO4S. The van der Waals surface area contributed by atoms with Crippen LogP contribution in [0.2, 0.25) is 5.02 Å². The van der Waals surface area contributed by atoms with Crippen molar-refractivity contribution in [3.63, 3.8) is 0 Å².